The summed E-state index contributed by atoms with van der Waals surface area (Å²) in [7, 11) is -10.0. The average Bonchev–Trinajstić information content (AvgIpc) is 2.82. The molecule has 0 fully saturated rings. The van der Waals surface area contributed by atoms with Crippen molar-refractivity contribution in [3.63, 3.8) is 0 Å². The topological polar surface area (TPSA) is 147 Å². The maximum absolute atomic E-state index is 11.9. The number of fused-ring (bicyclic) bond motifs is 1. The van der Waals surface area contributed by atoms with E-state index in [1.54, 1.807) is 6.92 Å². The van der Waals surface area contributed by atoms with E-state index >= 15 is 0 Å². The first-order chi connectivity index (χ1) is 11.5. The van der Waals surface area contributed by atoms with Crippen LogP contribution in [-0.2, 0) is 25.0 Å². The van der Waals surface area contributed by atoms with Crippen LogP contribution in [0.25, 0.3) is 10.8 Å². The summed E-state index contributed by atoms with van der Waals surface area (Å²) in [6.45, 7) is 1.66. The van der Waals surface area contributed by atoms with Crippen molar-refractivity contribution < 1.29 is 89.9 Å². The first-order valence-electron chi connectivity index (χ1n) is 6.83. The summed E-state index contributed by atoms with van der Waals surface area (Å²) in [5.74, 6) is -0.318. The van der Waals surface area contributed by atoms with E-state index in [2.05, 4.69) is 5.10 Å². The number of amides is 1. The van der Waals surface area contributed by atoms with Crippen molar-refractivity contribution >= 4 is 48.3 Å². The molecule has 2 aromatic carbocycles. The number of hydrogen-bond donors (Lipinski definition) is 0. The quantitative estimate of drug-likeness (QED) is 0.351. The van der Waals surface area contributed by atoms with Gasteiger partial charge in [0, 0.05) is 5.71 Å². The largest absolute Gasteiger partial charge is 1.00 e. The van der Waals surface area contributed by atoms with E-state index in [1.807, 2.05) is 0 Å². The number of rotatable bonds is 3. The number of hydrazone groups is 1. The Morgan fingerprint density at radius 3 is 2.11 bits per heavy atom. The Labute approximate surface area is 199 Å². The summed E-state index contributed by atoms with van der Waals surface area (Å²) >= 11 is 0. The molecule has 13 heteroatoms. The number of benzene rings is 2. The van der Waals surface area contributed by atoms with Crippen LogP contribution in [-0.4, -0.2) is 37.6 Å². The molecular formula is C14H10N2Na2O7S2. The maximum atomic E-state index is 11.9. The Kier molecular flexibility index (Phi) is 7.84. The van der Waals surface area contributed by atoms with E-state index in [1.165, 1.54) is 18.2 Å². The van der Waals surface area contributed by atoms with Crippen molar-refractivity contribution in [1.82, 2.24) is 0 Å². The van der Waals surface area contributed by atoms with Gasteiger partial charge in [-0.15, -0.1) is 0 Å². The molecule has 0 spiro atoms. The van der Waals surface area contributed by atoms with Crippen molar-refractivity contribution in [2.75, 3.05) is 5.01 Å². The molecule has 0 saturated carbocycles. The van der Waals surface area contributed by atoms with Gasteiger partial charge in [0.15, 0.2) is 0 Å². The fourth-order valence-electron chi connectivity index (χ4n) is 2.54. The van der Waals surface area contributed by atoms with Crippen LogP contribution in [0, 0.1) is 0 Å². The average molecular weight is 428 g/mol. The third kappa shape index (κ3) is 5.18. The molecule has 0 aromatic heterocycles. The van der Waals surface area contributed by atoms with Gasteiger partial charge in [-0.05, 0) is 42.0 Å². The van der Waals surface area contributed by atoms with Crippen molar-refractivity contribution in [3.8, 4) is 0 Å². The molecule has 0 unspecified atom stereocenters. The van der Waals surface area contributed by atoms with Crippen LogP contribution < -0.4 is 64.1 Å². The number of carbonyl (C=O) groups excluding carboxylic acids is 1. The predicted molar refractivity (Wildman–Crippen MR) is 85.1 cm³/mol. The third-order valence-corrected chi connectivity index (χ3v) is 5.28. The first kappa shape index (κ1) is 24.7. The molecule has 0 atom stereocenters. The maximum Gasteiger partial charge on any atom is 1.00 e. The standard InChI is InChI=1S/C14H12N2O7S2.2Na/c1-8-4-14(17)16(15-8)10-2-3-12-9(5-10)6-11(24(18,19)20)7-13(12)25(21,22)23;;/h2-3,5-7H,4H2,1H3,(H,18,19,20)(H,21,22,23);;/q;2*+1/p-2. The van der Waals surface area contributed by atoms with Crippen LogP contribution in [0.2, 0.25) is 0 Å². The van der Waals surface area contributed by atoms with E-state index in [9.17, 15) is 30.7 Å². The van der Waals surface area contributed by atoms with Gasteiger partial charge in [0.25, 0.3) is 5.91 Å². The van der Waals surface area contributed by atoms with Gasteiger partial charge in [-0.1, -0.05) is 6.07 Å². The van der Waals surface area contributed by atoms with Gasteiger partial charge in [-0.3, -0.25) is 4.79 Å². The minimum atomic E-state index is -5.03. The van der Waals surface area contributed by atoms with Gasteiger partial charge in [0.2, 0.25) is 0 Å². The monoisotopic (exact) mass is 428 g/mol. The molecular weight excluding hydrogens is 418 g/mol. The zero-order valence-corrected chi connectivity index (χ0v) is 20.3. The van der Waals surface area contributed by atoms with Gasteiger partial charge >= 0.3 is 59.1 Å². The van der Waals surface area contributed by atoms with Crippen LogP contribution in [0.4, 0.5) is 5.69 Å². The summed E-state index contributed by atoms with van der Waals surface area (Å²) in [5.41, 5.74) is 0.827. The smallest absolute Gasteiger partial charge is 0.744 e. The van der Waals surface area contributed by atoms with Crippen molar-refractivity contribution in [2.24, 2.45) is 5.10 Å². The van der Waals surface area contributed by atoms with Gasteiger partial charge < -0.3 is 9.11 Å². The number of hydrogen-bond acceptors (Lipinski definition) is 8. The molecule has 2 aromatic rings. The van der Waals surface area contributed by atoms with E-state index in [0.29, 0.717) is 11.8 Å². The Morgan fingerprint density at radius 1 is 1.00 bits per heavy atom. The van der Waals surface area contributed by atoms with Crippen LogP contribution in [0.3, 0.4) is 0 Å². The second kappa shape index (κ2) is 8.57. The van der Waals surface area contributed by atoms with Crippen molar-refractivity contribution in [2.45, 2.75) is 23.1 Å². The number of carbonyl (C=O) groups is 1. The SMILES string of the molecule is CC1=NN(c2ccc3c(S(=O)(=O)[O-])cc(S(=O)(=O)[O-])cc3c2)C(=O)C1.[Na+].[Na+]. The molecule has 0 saturated heterocycles. The Balaban J connectivity index is 0.00000182. The molecule has 0 radical (unpaired) electrons. The molecule has 0 N–H and O–H groups in total. The summed E-state index contributed by atoms with van der Waals surface area (Å²) in [5, 5.41) is 5.06. The second-order valence-corrected chi connectivity index (χ2v) is 8.18. The van der Waals surface area contributed by atoms with Crippen LogP contribution >= 0.6 is 0 Å². The molecule has 0 aliphatic carbocycles. The zero-order valence-electron chi connectivity index (χ0n) is 14.7. The molecule has 1 amide bonds. The first-order valence-corrected chi connectivity index (χ1v) is 9.65. The Morgan fingerprint density at radius 2 is 1.63 bits per heavy atom. The molecule has 132 valence electrons. The van der Waals surface area contributed by atoms with Crippen LogP contribution in [0.5, 0.6) is 0 Å². The molecule has 27 heavy (non-hydrogen) atoms. The second-order valence-electron chi connectivity index (χ2n) is 5.45. The molecule has 9 nitrogen and oxygen atoms in total. The van der Waals surface area contributed by atoms with E-state index < -0.39 is 30.0 Å². The fraction of sp³-hybridized carbons (Fsp3) is 0.143. The van der Waals surface area contributed by atoms with Crippen LogP contribution in [0.1, 0.15) is 13.3 Å². The zero-order chi connectivity index (χ0) is 18.6. The molecule has 0 bridgehead atoms. The van der Waals surface area contributed by atoms with Gasteiger partial charge in [-0.2, -0.15) is 5.10 Å². The van der Waals surface area contributed by atoms with Crippen LogP contribution in [0.15, 0.2) is 45.2 Å². The van der Waals surface area contributed by atoms with Crippen molar-refractivity contribution in [3.05, 3.63) is 30.3 Å². The third-order valence-electron chi connectivity index (χ3n) is 3.59. The Bertz CT molecular complexity index is 1160. The predicted octanol–water partition coefficient (Wildman–Crippen LogP) is -5.23. The normalized spacial score (nSPS) is 14.6. The van der Waals surface area contributed by atoms with E-state index in [4.69, 9.17) is 0 Å². The summed E-state index contributed by atoms with van der Waals surface area (Å²) in [4.78, 5) is 10.2. The molecule has 1 heterocycles. The summed E-state index contributed by atoms with van der Waals surface area (Å²) in [6.07, 6.45) is 0.118. The van der Waals surface area contributed by atoms with E-state index in [-0.39, 0.29) is 87.9 Å². The van der Waals surface area contributed by atoms with Gasteiger partial charge in [-0.25, -0.2) is 21.8 Å². The Hall–Kier alpha value is -0.340. The summed E-state index contributed by atoms with van der Waals surface area (Å²) < 4.78 is 68.0. The summed E-state index contributed by atoms with van der Waals surface area (Å²) in [6, 6.07) is 5.41. The number of anilines is 1. The minimum absolute atomic E-state index is 0. The van der Waals surface area contributed by atoms with Gasteiger partial charge in [0.05, 0.1) is 21.9 Å². The van der Waals surface area contributed by atoms with E-state index in [0.717, 1.165) is 11.1 Å². The minimum Gasteiger partial charge on any atom is -0.744 e. The van der Waals surface area contributed by atoms with Gasteiger partial charge in [0.1, 0.15) is 20.2 Å². The van der Waals surface area contributed by atoms with Crippen molar-refractivity contribution in [1.29, 1.82) is 0 Å². The molecule has 3 rings (SSSR count). The number of nitrogens with zero attached hydrogens (tertiary/aromatic N) is 2. The molecule has 1 aliphatic rings. The fourth-order valence-corrected chi connectivity index (χ4v) is 3.87. The molecule has 1 aliphatic heterocycles.